The number of rotatable bonds is 2. The lowest BCUT2D eigenvalue weighted by molar-refractivity contribution is -0.155. The third-order valence-electron chi connectivity index (χ3n) is 7.52. The Kier molecular flexibility index (Phi) is 9.08. The van der Waals surface area contributed by atoms with Crippen molar-refractivity contribution in [1.82, 2.24) is 4.98 Å². The van der Waals surface area contributed by atoms with Crippen LogP contribution >= 0.6 is 0 Å². The highest BCUT2D eigenvalue weighted by atomic mass is 16.5. The molecule has 0 spiro atoms. The lowest BCUT2D eigenvalue weighted by atomic mass is 9.73. The van der Waals surface area contributed by atoms with E-state index in [1.165, 1.54) is 0 Å². The third-order valence-corrected chi connectivity index (χ3v) is 7.52. The number of esters is 1. The van der Waals surface area contributed by atoms with Gasteiger partial charge in [0.25, 0.3) is 0 Å². The Hall–Kier alpha value is -2.55. The van der Waals surface area contributed by atoms with Gasteiger partial charge in [0.05, 0.1) is 30.6 Å². The van der Waals surface area contributed by atoms with Gasteiger partial charge < -0.3 is 25.1 Å². The van der Waals surface area contributed by atoms with E-state index in [0.717, 1.165) is 30.4 Å². The smallest absolute Gasteiger partial charge is 0.309 e. The fourth-order valence-electron chi connectivity index (χ4n) is 4.83. The van der Waals surface area contributed by atoms with Crippen LogP contribution in [0, 0.1) is 17.3 Å². The lowest BCUT2D eigenvalue weighted by Crippen LogP contribution is -2.45. The second-order valence-corrected chi connectivity index (χ2v) is 10.8. The van der Waals surface area contributed by atoms with Crippen molar-refractivity contribution < 1.29 is 29.0 Å². The zero-order chi connectivity index (χ0) is 26.6. The second-order valence-electron chi connectivity index (χ2n) is 10.8. The molecule has 0 saturated carbocycles. The Morgan fingerprint density at radius 2 is 1.92 bits per heavy atom. The van der Waals surface area contributed by atoms with Gasteiger partial charge in [0, 0.05) is 12.3 Å². The molecule has 5 atom stereocenters. The van der Waals surface area contributed by atoms with Gasteiger partial charge in [0.1, 0.15) is 17.4 Å². The van der Waals surface area contributed by atoms with Crippen LogP contribution in [0.3, 0.4) is 0 Å². The average molecular weight is 501 g/mol. The minimum absolute atomic E-state index is 0.0667. The number of ketones is 1. The Morgan fingerprint density at radius 1 is 1.19 bits per heavy atom. The van der Waals surface area contributed by atoms with Crippen molar-refractivity contribution in [3.8, 4) is 0 Å². The first-order valence-corrected chi connectivity index (χ1v) is 12.8. The van der Waals surface area contributed by atoms with Crippen LogP contribution in [-0.2, 0) is 20.9 Å². The Bertz CT molecular complexity index is 1100. The number of allylic oxidation sites excluding steroid dienone is 1. The molecule has 0 unspecified atom stereocenters. The van der Waals surface area contributed by atoms with Crippen LogP contribution in [0.2, 0.25) is 0 Å². The summed E-state index contributed by atoms with van der Waals surface area (Å²) in [6, 6.07) is 5.44. The summed E-state index contributed by atoms with van der Waals surface area (Å²) in [4.78, 5) is 30.5. The molecule has 4 N–H and O–H groups in total. The number of nitrogens with zero attached hydrogens (tertiary/aromatic N) is 1. The molecule has 198 valence electrons. The maximum absolute atomic E-state index is 13.2. The van der Waals surface area contributed by atoms with E-state index < -0.39 is 35.6 Å². The fourth-order valence-corrected chi connectivity index (χ4v) is 4.83. The molecule has 0 fully saturated rings. The number of hydrogen-bond acceptors (Lipinski definition) is 8. The van der Waals surface area contributed by atoms with Crippen molar-refractivity contribution in [2.24, 2.45) is 23.0 Å². The highest BCUT2D eigenvalue weighted by molar-refractivity contribution is 5.88. The monoisotopic (exact) mass is 500 g/mol. The first-order valence-electron chi connectivity index (χ1n) is 12.8. The van der Waals surface area contributed by atoms with Crippen LogP contribution in [0.4, 0.5) is 0 Å². The molecule has 1 aliphatic rings. The van der Waals surface area contributed by atoms with Gasteiger partial charge in [0.15, 0.2) is 5.58 Å². The maximum atomic E-state index is 13.2. The number of carbonyl (C=O) groups is 2. The van der Waals surface area contributed by atoms with Crippen molar-refractivity contribution in [2.45, 2.75) is 91.6 Å². The zero-order valence-electron chi connectivity index (χ0n) is 22.0. The van der Waals surface area contributed by atoms with E-state index in [-0.39, 0.29) is 24.7 Å². The van der Waals surface area contributed by atoms with Crippen LogP contribution < -0.4 is 5.73 Å². The highest BCUT2D eigenvalue weighted by Gasteiger charge is 2.42. The van der Waals surface area contributed by atoms with Crippen molar-refractivity contribution in [2.75, 3.05) is 0 Å². The summed E-state index contributed by atoms with van der Waals surface area (Å²) in [6.07, 6.45) is 2.01. The van der Waals surface area contributed by atoms with Gasteiger partial charge in [-0.25, -0.2) is 4.98 Å². The van der Waals surface area contributed by atoms with E-state index >= 15 is 0 Å². The molecule has 0 radical (unpaired) electrons. The van der Waals surface area contributed by atoms with Crippen LogP contribution in [-0.4, -0.2) is 39.2 Å². The summed E-state index contributed by atoms with van der Waals surface area (Å²) in [5.74, 6) is -1.17. The van der Waals surface area contributed by atoms with Crippen LogP contribution in [0.5, 0.6) is 0 Å². The summed E-state index contributed by atoms with van der Waals surface area (Å²) in [5, 5.41) is 21.7. The quantitative estimate of drug-likeness (QED) is 0.408. The number of carbonyl (C=O) groups excluding carboxylic acids is 2. The molecule has 2 aromatic rings. The van der Waals surface area contributed by atoms with E-state index in [9.17, 15) is 19.8 Å². The molecule has 2 heterocycles. The summed E-state index contributed by atoms with van der Waals surface area (Å²) >= 11 is 0. The summed E-state index contributed by atoms with van der Waals surface area (Å²) in [6.45, 7) is 9.09. The van der Waals surface area contributed by atoms with E-state index in [1.807, 2.05) is 26.0 Å². The summed E-state index contributed by atoms with van der Waals surface area (Å²) in [5.41, 5.74) is 7.57. The number of nitrogens with two attached hydrogens (primary N) is 1. The van der Waals surface area contributed by atoms with Crippen LogP contribution in [0.25, 0.3) is 11.1 Å². The number of hydrogen-bond donors (Lipinski definition) is 3. The Morgan fingerprint density at radius 3 is 2.61 bits per heavy atom. The minimum Gasteiger partial charge on any atom is -0.457 e. The molecule has 0 aliphatic carbocycles. The van der Waals surface area contributed by atoms with Gasteiger partial charge in [-0.15, -0.1) is 0 Å². The number of oxazole rings is 1. The third kappa shape index (κ3) is 6.41. The van der Waals surface area contributed by atoms with Crippen LogP contribution in [0.15, 0.2) is 34.3 Å². The summed E-state index contributed by atoms with van der Waals surface area (Å²) < 4.78 is 11.4. The molecular weight excluding hydrogens is 460 g/mol. The van der Waals surface area contributed by atoms with Gasteiger partial charge in [0.2, 0.25) is 5.89 Å². The molecule has 8 heteroatoms. The number of aliphatic hydroxyl groups is 2. The lowest BCUT2D eigenvalue weighted by Gasteiger charge is -2.34. The molecule has 8 nitrogen and oxygen atoms in total. The van der Waals surface area contributed by atoms with Crippen molar-refractivity contribution in [1.29, 1.82) is 0 Å². The molecule has 0 amide bonds. The first-order chi connectivity index (χ1) is 16.9. The van der Waals surface area contributed by atoms with E-state index in [4.69, 9.17) is 14.9 Å². The standard InChI is InChI=1S/C28H40N2O6/c1-16-7-6-8-17(2)26(33)18(3)27(34)28(4,5)23(31)14-25(32)36-21(11-9-16)19-10-12-22-20(13-19)30-24(15-29)35-22/h9-10,12-13,17-18,21,23,26,31,33H,6-8,11,14-15,29H2,1-5H3/b16-9-/t17-,18-,21-,23-,26-/m0/s1. The second kappa shape index (κ2) is 11.7. The van der Waals surface area contributed by atoms with Crippen LogP contribution in [0.1, 0.15) is 84.3 Å². The Balaban J connectivity index is 1.91. The predicted octanol–water partition coefficient (Wildman–Crippen LogP) is 4.37. The number of cyclic esters (lactones) is 1. The Labute approximate surface area is 212 Å². The fraction of sp³-hybridized carbons (Fsp3) is 0.607. The number of Topliss-reactive ketones (excluding diaryl/α,β-unsaturated/α-hetero) is 1. The predicted molar refractivity (Wildman–Crippen MR) is 137 cm³/mol. The van der Waals surface area contributed by atoms with Crippen molar-refractivity contribution in [3.05, 3.63) is 41.3 Å². The minimum atomic E-state index is -1.25. The molecule has 36 heavy (non-hydrogen) atoms. The summed E-state index contributed by atoms with van der Waals surface area (Å²) in [7, 11) is 0. The van der Waals surface area contributed by atoms with Crippen molar-refractivity contribution in [3.63, 3.8) is 0 Å². The topological polar surface area (TPSA) is 136 Å². The largest absolute Gasteiger partial charge is 0.457 e. The number of benzene rings is 1. The number of ether oxygens (including phenoxy) is 1. The molecule has 0 saturated heterocycles. The van der Waals surface area contributed by atoms with Gasteiger partial charge in [-0.2, -0.15) is 0 Å². The molecule has 1 aromatic carbocycles. The molecule has 1 aliphatic heterocycles. The van der Waals surface area contributed by atoms with Gasteiger partial charge in [-0.3, -0.25) is 9.59 Å². The van der Waals surface area contributed by atoms with E-state index in [1.54, 1.807) is 26.8 Å². The SMILES string of the molecule is C/C1=C/C[C@@H](c2ccc3oc(CN)nc3c2)OC(=O)C[C@H](O)C(C)(C)C(=O)[C@@H](C)[C@@H](O)[C@@H](C)CCC1. The number of aliphatic hydroxyl groups excluding tert-OH is 2. The first kappa shape index (κ1) is 28.0. The van der Waals surface area contributed by atoms with Crippen molar-refractivity contribution >= 4 is 22.9 Å². The van der Waals surface area contributed by atoms with E-state index in [2.05, 4.69) is 11.1 Å². The van der Waals surface area contributed by atoms with E-state index in [0.29, 0.717) is 23.4 Å². The van der Waals surface area contributed by atoms with Gasteiger partial charge in [-0.1, -0.05) is 45.4 Å². The normalized spacial score (nSPS) is 30.6. The molecular formula is C28H40N2O6. The van der Waals surface area contributed by atoms with Gasteiger partial charge >= 0.3 is 5.97 Å². The molecule has 1 aromatic heterocycles. The maximum Gasteiger partial charge on any atom is 0.309 e. The average Bonchev–Trinajstić information content (AvgIpc) is 3.26. The molecule has 0 bridgehead atoms. The number of aromatic nitrogens is 1. The highest BCUT2D eigenvalue weighted by Crippen LogP contribution is 2.33. The number of fused-ring (bicyclic) bond motifs is 1. The zero-order valence-corrected chi connectivity index (χ0v) is 22.0. The molecule has 3 rings (SSSR count). The van der Waals surface area contributed by atoms with Gasteiger partial charge in [-0.05, 0) is 49.8 Å².